The Bertz CT molecular complexity index is 1320. The molecule has 1 N–H and O–H groups in total. The molecule has 0 bridgehead atoms. The Labute approximate surface area is 231 Å². The van der Waals surface area contributed by atoms with Crippen LogP contribution in [0.15, 0.2) is 36.5 Å². The summed E-state index contributed by atoms with van der Waals surface area (Å²) in [5.74, 6) is 0.595. The molecule has 2 fully saturated rings. The first-order valence-corrected chi connectivity index (χ1v) is 14.6. The van der Waals surface area contributed by atoms with Crippen LogP contribution in [-0.2, 0) is 11.3 Å². The van der Waals surface area contributed by atoms with Gasteiger partial charge in [0.05, 0.1) is 11.3 Å². The summed E-state index contributed by atoms with van der Waals surface area (Å²) in [6.07, 6.45) is 9.76. The van der Waals surface area contributed by atoms with E-state index in [9.17, 15) is 9.59 Å². The fourth-order valence-corrected chi connectivity index (χ4v) is 6.24. The molecule has 3 heterocycles. The molecular formula is C32H42N4O3. The first-order valence-electron chi connectivity index (χ1n) is 14.6. The van der Waals surface area contributed by atoms with E-state index in [1.165, 1.54) is 32.1 Å². The number of hydrogen-bond acceptors (Lipinski definition) is 4. The molecule has 7 nitrogen and oxygen atoms in total. The number of hydrogen-bond donors (Lipinski definition) is 1. The fourth-order valence-electron chi connectivity index (χ4n) is 6.24. The largest absolute Gasteiger partial charge is 0.381 e. The van der Waals surface area contributed by atoms with Crippen LogP contribution in [0.1, 0.15) is 98.2 Å². The van der Waals surface area contributed by atoms with Crippen LogP contribution >= 0.6 is 0 Å². The predicted octanol–water partition coefficient (Wildman–Crippen LogP) is 6.60. The van der Waals surface area contributed by atoms with Crippen LogP contribution in [0.25, 0.3) is 22.5 Å². The highest BCUT2D eigenvalue weighted by atomic mass is 16.5. The summed E-state index contributed by atoms with van der Waals surface area (Å²) in [6, 6.07) is 10.5. The van der Waals surface area contributed by atoms with Crippen LogP contribution in [0.4, 0.5) is 0 Å². The third-order valence-corrected chi connectivity index (χ3v) is 8.46. The third kappa shape index (κ3) is 5.88. The number of benzene rings is 1. The number of nitrogens with zero attached hydrogens (tertiary/aromatic N) is 3. The Hall–Kier alpha value is -3.19. The van der Waals surface area contributed by atoms with Crippen molar-refractivity contribution in [1.29, 1.82) is 0 Å². The minimum absolute atomic E-state index is 0.0166. The Balaban J connectivity index is 1.55. The van der Waals surface area contributed by atoms with Crippen LogP contribution < -0.4 is 5.32 Å². The van der Waals surface area contributed by atoms with Gasteiger partial charge < -0.3 is 14.6 Å². The van der Waals surface area contributed by atoms with Gasteiger partial charge in [-0.2, -0.15) is 5.10 Å². The highest BCUT2D eigenvalue weighted by Gasteiger charge is 2.25. The van der Waals surface area contributed by atoms with Crippen LogP contribution in [0.2, 0.25) is 0 Å². The van der Waals surface area contributed by atoms with Crippen molar-refractivity contribution in [2.75, 3.05) is 13.2 Å². The van der Waals surface area contributed by atoms with E-state index in [-0.39, 0.29) is 23.8 Å². The van der Waals surface area contributed by atoms with E-state index in [1.54, 1.807) is 13.1 Å². The highest BCUT2D eigenvalue weighted by molar-refractivity contribution is 6.02. The lowest BCUT2D eigenvalue weighted by atomic mass is 9.89. The summed E-state index contributed by atoms with van der Waals surface area (Å²) in [6.45, 7) is 10.1. The molecule has 0 radical (unpaired) electrons. The van der Waals surface area contributed by atoms with E-state index in [0.717, 1.165) is 53.2 Å². The van der Waals surface area contributed by atoms with Crippen LogP contribution in [0.5, 0.6) is 0 Å². The average molecular weight is 531 g/mol. The summed E-state index contributed by atoms with van der Waals surface area (Å²) in [4.78, 5) is 26.4. The monoisotopic (exact) mass is 530 g/mol. The maximum absolute atomic E-state index is 13.5. The zero-order valence-corrected chi connectivity index (χ0v) is 23.8. The molecule has 2 aromatic heterocycles. The van der Waals surface area contributed by atoms with Crippen molar-refractivity contribution in [3.63, 3.8) is 0 Å². The van der Waals surface area contributed by atoms with Crippen LogP contribution in [-0.4, -0.2) is 45.3 Å². The molecule has 0 unspecified atom stereocenters. The van der Waals surface area contributed by atoms with E-state index >= 15 is 0 Å². The van der Waals surface area contributed by atoms with Gasteiger partial charge in [-0.15, -0.1) is 0 Å². The number of ether oxygens (including phenoxy) is 1. The first-order chi connectivity index (χ1) is 18.8. The zero-order valence-electron chi connectivity index (χ0n) is 23.8. The van der Waals surface area contributed by atoms with Gasteiger partial charge in [0, 0.05) is 60.6 Å². The molecule has 0 atom stereocenters. The van der Waals surface area contributed by atoms with Crippen molar-refractivity contribution in [3.8, 4) is 22.5 Å². The summed E-state index contributed by atoms with van der Waals surface area (Å²) < 4.78 is 9.76. The van der Waals surface area contributed by atoms with Gasteiger partial charge in [0.1, 0.15) is 0 Å². The summed E-state index contributed by atoms with van der Waals surface area (Å²) in [5, 5.41) is 7.73. The number of ketones is 1. The fraction of sp³-hybridized carbons (Fsp3) is 0.531. The van der Waals surface area contributed by atoms with Gasteiger partial charge >= 0.3 is 0 Å². The molecule has 1 aromatic carbocycles. The third-order valence-electron chi connectivity index (χ3n) is 8.46. The van der Waals surface area contributed by atoms with Gasteiger partial charge in [0.2, 0.25) is 0 Å². The molecule has 0 spiro atoms. The van der Waals surface area contributed by atoms with E-state index in [4.69, 9.17) is 4.74 Å². The lowest BCUT2D eigenvalue weighted by Crippen LogP contribution is -2.39. The molecule has 3 aromatic rings. The number of nitrogens with one attached hydrogen (secondary N) is 1. The molecule has 1 aliphatic heterocycles. The lowest BCUT2D eigenvalue weighted by Gasteiger charge is -2.25. The Morgan fingerprint density at radius 1 is 1.00 bits per heavy atom. The van der Waals surface area contributed by atoms with Crippen molar-refractivity contribution in [2.45, 2.75) is 91.3 Å². The van der Waals surface area contributed by atoms with Gasteiger partial charge in [0.25, 0.3) is 5.91 Å². The van der Waals surface area contributed by atoms with Crippen LogP contribution in [0.3, 0.4) is 0 Å². The van der Waals surface area contributed by atoms with E-state index in [2.05, 4.69) is 41.8 Å². The van der Waals surface area contributed by atoms with Crippen molar-refractivity contribution in [2.24, 2.45) is 5.92 Å². The van der Waals surface area contributed by atoms with Crippen molar-refractivity contribution < 1.29 is 14.3 Å². The normalized spacial score (nSPS) is 17.1. The second-order valence-electron chi connectivity index (χ2n) is 11.6. The Morgan fingerprint density at radius 2 is 1.74 bits per heavy atom. The standard InChI is InChI=1S/C32H42N4O3/c1-21(2)36-30(12-15-33-36)27-11-10-25(18-29(27)23(4)37)31-19-28(32(38)34-26-13-16-39-17-14-26)22(3)35(31)20-24-8-6-5-7-9-24/h10-12,15,18-19,21,24,26H,5-9,13-14,16-17,20H2,1-4H3,(H,34,38). The molecule has 1 saturated carbocycles. The molecule has 1 amide bonds. The first kappa shape index (κ1) is 27.4. The number of carbonyl (C=O) groups excluding carboxylic acids is 2. The van der Waals surface area contributed by atoms with Crippen molar-refractivity contribution in [1.82, 2.24) is 19.7 Å². The minimum atomic E-state index is -0.0210. The molecule has 39 heavy (non-hydrogen) atoms. The van der Waals surface area contributed by atoms with Crippen molar-refractivity contribution in [3.05, 3.63) is 53.3 Å². The lowest BCUT2D eigenvalue weighted by molar-refractivity contribution is 0.0696. The summed E-state index contributed by atoms with van der Waals surface area (Å²) in [7, 11) is 0. The Morgan fingerprint density at radius 3 is 2.44 bits per heavy atom. The molecule has 1 saturated heterocycles. The molecule has 5 rings (SSSR count). The number of aromatic nitrogens is 3. The number of Topliss-reactive ketones (excluding diaryl/α,β-unsaturated/α-hetero) is 1. The number of carbonyl (C=O) groups is 2. The molecular weight excluding hydrogens is 488 g/mol. The topological polar surface area (TPSA) is 78.2 Å². The second kappa shape index (κ2) is 11.9. The van der Waals surface area contributed by atoms with E-state index < -0.39 is 0 Å². The average Bonchev–Trinajstić information content (AvgIpc) is 3.55. The van der Waals surface area contributed by atoms with Gasteiger partial charge in [-0.1, -0.05) is 31.4 Å². The molecule has 208 valence electrons. The van der Waals surface area contributed by atoms with E-state index in [0.29, 0.717) is 24.7 Å². The molecule has 7 heteroatoms. The second-order valence-corrected chi connectivity index (χ2v) is 11.6. The smallest absolute Gasteiger partial charge is 0.253 e. The zero-order chi connectivity index (χ0) is 27.5. The maximum Gasteiger partial charge on any atom is 0.253 e. The maximum atomic E-state index is 13.5. The Kier molecular flexibility index (Phi) is 8.36. The predicted molar refractivity (Wildman–Crippen MR) is 154 cm³/mol. The highest BCUT2D eigenvalue weighted by Crippen LogP contribution is 2.35. The van der Waals surface area contributed by atoms with Gasteiger partial charge in [-0.25, -0.2) is 0 Å². The van der Waals surface area contributed by atoms with Crippen LogP contribution in [0, 0.1) is 12.8 Å². The number of amides is 1. The van der Waals surface area contributed by atoms with Gasteiger partial charge in [-0.3, -0.25) is 14.3 Å². The summed E-state index contributed by atoms with van der Waals surface area (Å²) >= 11 is 0. The molecule has 1 aliphatic carbocycles. The molecule has 2 aliphatic rings. The quantitative estimate of drug-likeness (QED) is 0.333. The van der Waals surface area contributed by atoms with Gasteiger partial charge in [-0.05, 0) is 83.1 Å². The van der Waals surface area contributed by atoms with Gasteiger partial charge in [0.15, 0.2) is 5.78 Å². The SMILES string of the molecule is CC(=O)c1cc(-c2cc(C(=O)NC3CCOCC3)c(C)n2CC2CCCCC2)ccc1-c1ccnn1C(C)C. The van der Waals surface area contributed by atoms with Crippen molar-refractivity contribution >= 4 is 11.7 Å². The number of rotatable bonds is 8. The minimum Gasteiger partial charge on any atom is -0.381 e. The van der Waals surface area contributed by atoms with E-state index in [1.807, 2.05) is 28.9 Å². The summed E-state index contributed by atoms with van der Waals surface area (Å²) in [5.41, 5.74) is 6.17.